The average molecular weight is 459 g/mol. The molecule has 5 heteroatoms. The summed E-state index contributed by atoms with van der Waals surface area (Å²) in [6.45, 7) is 7.03. The molecule has 2 aromatic rings. The van der Waals surface area contributed by atoms with Gasteiger partial charge in [0.2, 0.25) is 0 Å². The minimum Gasteiger partial charge on any atom is -0.490 e. The highest BCUT2D eigenvalue weighted by molar-refractivity contribution is 5.75. The van der Waals surface area contributed by atoms with Crippen molar-refractivity contribution < 1.29 is 23.4 Å². The third-order valence-electron chi connectivity index (χ3n) is 5.52. The van der Waals surface area contributed by atoms with E-state index < -0.39 is 6.10 Å². The van der Waals surface area contributed by atoms with Crippen molar-refractivity contribution in [3.63, 3.8) is 0 Å². The summed E-state index contributed by atoms with van der Waals surface area (Å²) in [4.78, 5) is 12.6. The zero-order valence-corrected chi connectivity index (χ0v) is 20.4. The minimum absolute atomic E-state index is 0.272. The molecule has 0 heterocycles. The fourth-order valence-corrected chi connectivity index (χ4v) is 3.62. The van der Waals surface area contributed by atoms with Gasteiger partial charge < -0.3 is 14.2 Å². The van der Waals surface area contributed by atoms with Gasteiger partial charge in [0, 0.05) is 0 Å². The lowest BCUT2D eigenvalue weighted by Gasteiger charge is -2.20. The molecule has 2 aromatic carbocycles. The molecule has 0 aliphatic heterocycles. The summed E-state index contributed by atoms with van der Waals surface area (Å²) in [6, 6.07) is 12.0. The molecule has 0 radical (unpaired) electrons. The van der Waals surface area contributed by atoms with Crippen molar-refractivity contribution in [3.8, 4) is 22.6 Å². The number of unbranched alkanes of at least 4 members (excludes halogenated alkanes) is 6. The third-order valence-corrected chi connectivity index (χ3v) is 5.52. The molecular weight excluding hydrogens is 419 g/mol. The summed E-state index contributed by atoms with van der Waals surface area (Å²) in [5, 5.41) is 0. The summed E-state index contributed by atoms with van der Waals surface area (Å²) in [6.07, 6.45) is 8.55. The standard InChI is InChI=1S/C28H39FO4/c1-4-7-9-11-13-26(28(30)31-6-3)33-25-19-16-23(22-14-17-24(29)18-15-22)21-27(25)32-20-12-10-8-5-2/h14-19,21,26H,4-13,20H2,1-3H3. The molecule has 2 rings (SSSR count). The van der Waals surface area contributed by atoms with Crippen molar-refractivity contribution in [2.75, 3.05) is 13.2 Å². The van der Waals surface area contributed by atoms with Crippen molar-refractivity contribution in [2.24, 2.45) is 0 Å². The van der Waals surface area contributed by atoms with Gasteiger partial charge in [-0.25, -0.2) is 9.18 Å². The Morgan fingerprint density at radius 2 is 1.48 bits per heavy atom. The van der Waals surface area contributed by atoms with Crippen LogP contribution >= 0.6 is 0 Å². The smallest absolute Gasteiger partial charge is 0.347 e. The molecule has 0 aromatic heterocycles. The van der Waals surface area contributed by atoms with Crippen LogP contribution in [-0.2, 0) is 9.53 Å². The SMILES string of the molecule is CCCCCCOc1cc(-c2ccc(F)cc2)ccc1OC(CCCCCC)C(=O)OCC. The molecule has 0 N–H and O–H groups in total. The predicted octanol–water partition coefficient (Wildman–Crippen LogP) is 7.73. The molecule has 0 spiro atoms. The van der Waals surface area contributed by atoms with Crippen LogP contribution in [0.15, 0.2) is 42.5 Å². The van der Waals surface area contributed by atoms with Crippen molar-refractivity contribution >= 4 is 5.97 Å². The molecule has 1 unspecified atom stereocenters. The number of carbonyl (C=O) groups excluding carboxylic acids is 1. The summed E-state index contributed by atoms with van der Waals surface area (Å²) in [5.74, 6) is 0.512. The summed E-state index contributed by atoms with van der Waals surface area (Å²) >= 11 is 0. The minimum atomic E-state index is -0.666. The first kappa shape index (κ1) is 26.7. The van der Waals surface area contributed by atoms with E-state index in [-0.39, 0.29) is 11.8 Å². The van der Waals surface area contributed by atoms with Gasteiger partial charge in [0.05, 0.1) is 13.2 Å². The molecule has 0 fully saturated rings. The Morgan fingerprint density at radius 1 is 0.818 bits per heavy atom. The van der Waals surface area contributed by atoms with E-state index in [1.165, 1.54) is 18.6 Å². The summed E-state index contributed by atoms with van der Waals surface area (Å²) in [5.41, 5.74) is 1.79. The van der Waals surface area contributed by atoms with Crippen LogP contribution in [0.25, 0.3) is 11.1 Å². The first-order valence-corrected chi connectivity index (χ1v) is 12.4. The summed E-state index contributed by atoms with van der Waals surface area (Å²) < 4.78 is 30.9. The van der Waals surface area contributed by atoms with Crippen LogP contribution in [-0.4, -0.2) is 25.3 Å². The number of rotatable bonds is 16. The zero-order valence-electron chi connectivity index (χ0n) is 20.4. The van der Waals surface area contributed by atoms with Gasteiger partial charge in [-0.05, 0) is 61.6 Å². The second kappa shape index (κ2) is 15.3. The number of hydrogen-bond donors (Lipinski definition) is 0. The number of carbonyl (C=O) groups is 1. The highest BCUT2D eigenvalue weighted by atomic mass is 19.1. The predicted molar refractivity (Wildman–Crippen MR) is 131 cm³/mol. The molecule has 33 heavy (non-hydrogen) atoms. The van der Waals surface area contributed by atoms with Crippen LogP contribution < -0.4 is 9.47 Å². The van der Waals surface area contributed by atoms with E-state index in [4.69, 9.17) is 14.2 Å². The largest absolute Gasteiger partial charge is 0.490 e. The van der Waals surface area contributed by atoms with Crippen molar-refractivity contribution in [3.05, 3.63) is 48.3 Å². The molecule has 0 aliphatic rings. The highest BCUT2D eigenvalue weighted by Crippen LogP contribution is 2.34. The van der Waals surface area contributed by atoms with Crippen LogP contribution in [0.3, 0.4) is 0 Å². The van der Waals surface area contributed by atoms with Gasteiger partial charge in [0.25, 0.3) is 0 Å². The van der Waals surface area contributed by atoms with E-state index in [0.717, 1.165) is 56.1 Å². The van der Waals surface area contributed by atoms with Gasteiger partial charge in [0.15, 0.2) is 17.6 Å². The second-order valence-corrected chi connectivity index (χ2v) is 8.29. The van der Waals surface area contributed by atoms with Crippen LogP contribution in [0.2, 0.25) is 0 Å². The van der Waals surface area contributed by atoms with Crippen LogP contribution in [0.1, 0.15) is 78.6 Å². The van der Waals surface area contributed by atoms with Crippen LogP contribution in [0.5, 0.6) is 11.5 Å². The molecule has 1 atom stereocenters. The molecule has 0 amide bonds. The third kappa shape index (κ3) is 9.45. The van der Waals surface area contributed by atoms with Gasteiger partial charge in [-0.15, -0.1) is 0 Å². The highest BCUT2D eigenvalue weighted by Gasteiger charge is 2.23. The molecule has 4 nitrogen and oxygen atoms in total. The molecule has 0 saturated heterocycles. The van der Waals surface area contributed by atoms with Crippen molar-refractivity contribution in [1.82, 2.24) is 0 Å². The van der Waals surface area contributed by atoms with Crippen LogP contribution in [0, 0.1) is 5.82 Å². The van der Waals surface area contributed by atoms with Crippen molar-refractivity contribution in [1.29, 1.82) is 0 Å². The van der Waals surface area contributed by atoms with E-state index in [2.05, 4.69) is 13.8 Å². The normalized spacial score (nSPS) is 11.8. The lowest BCUT2D eigenvalue weighted by atomic mass is 10.0. The number of esters is 1. The van der Waals surface area contributed by atoms with Gasteiger partial charge in [0.1, 0.15) is 5.82 Å². The fourth-order valence-electron chi connectivity index (χ4n) is 3.62. The van der Waals surface area contributed by atoms with Crippen LogP contribution in [0.4, 0.5) is 4.39 Å². The lowest BCUT2D eigenvalue weighted by molar-refractivity contribution is -0.151. The maximum atomic E-state index is 13.4. The Hall–Kier alpha value is -2.56. The van der Waals surface area contributed by atoms with E-state index in [0.29, 0.717) is 31.1 Å². The molecule has 182 valence electrons. The Labute approximate surface area is 198 Å². The number of hydrogen-bond acceptors (Lipinski definition) is 4. The fraction of sp³-hybridized carbons (Fsp3) is 0.536. The first-order chi connectivity index (χ1) is 16.1. The number of ether oxygens (including phenoxy) is 3. The monoisotopic (exact) mass is 458 g/mol. The Balaban J connectivity index is 2.22. The van der Waals surface area contributed by atoms with Crippen molar-refractivity contribution in [2.45, 2.75) is 84.7 Å². The molecule has 0 bridgehead atoms. The Morgan fingerprint density at radius 3 is 2.15 bits per heavy atom. The Bertz CT molecular complexity index is 819. The van der Waals surface area contributed by atoms with Gasteiger partial charge in [-0.1, -0.05) is 70.6 Å². The van der Waals surface area contributed by atoms with Gasteiger partial charge >= 0.3 is 5.97 Å². The first-order valence-electron chi connectivity index (χ1n) is 12.4. The lowest BCUT2D eigenvalue weighted by Crippen LogP contribution is -2.29. The number of halogens is 1. The number of benzene rings is 2. The van der Waals surface area contributed by atoms with Gasteiger partial charge in [-0.3, -0.25) is 0 Å². The topological polar surface area (TPSA) is 44.8 Å². The van der Waals surface area contributed by atoms with E-state index in [9.17, 15) is 9.18 Å². The maximum Gasteiger partial charge on any atom is 0.347 e. The quantitative estimate of drug-likeness (QED) is 0.191. The van der Waals surface area contributed by atoms with E-state index in [1.807, 2.05) is 18.2 Å². The summed E-state index contributed by atoms with van der Waals surface area (Å²) in [7, 11) is 0. The molecule has 0 saturated carbocycles. The van der Waals surface area contributed by atoms with E-state index in [1.54, 1.807) is 19.1 Å². The Kier molecular flexibility index (Phi) is 12.4. The van der Waals surface area contributed by atoms with Gasteiger partial charge in [-0.2, -0.15) is 0 Å². The second-order valence-electron chi connectivity index (χ2n) is 8.29. The average Bonchev–Trinajstić information content (AvgIpc) is 2.82. The van der Waals surface area contributed by atoms with E-state index >= 15 is 0 Å². The molecular formula is C28H39FO4. The maximum absolute atomic E-state index is 13.4. The molecule has 0 aliphatic carbocycles. The zero-order chi connectivity index (χ0) is 23.9.